The summed E-state index contributed by atoms with van der Waals surface area (Å²) < 4.78 is 34.2. The lowest BCUT2D eigenvalue weighted by Crippen LogP contribution is -2.21. The molecule has 11 heteroatoms. The van der Waals surface area contributed by atoms with E-state index in [9.17, 15) is 19.0 Å². The molecule has 0 heterocycles. The molecule has 2 aromatic rings. The standard InChI is InChI=1S/C18H19Cl3O7S/c19-7-11(23)9-28-18-16(20)5-15(6-17(18)21)29(25,26)14-3-1-13(2-4-14)27-10-12(24)8-22/h1-6,11-12,22-24H,7-10H2/p+1/t11-,12-/m0/s1. The van der Waals surface area contributed by atoms with E-state index in [4.69, 9.17) is 49.4 Å². The van der Waals surface area contributed by atoms with Crippen LogP contribution in [0.2, 0.25) is 10.0 Å². The lowest BCUT2D eigenvalue weighted by molar-refractivity contribution is 0.0536. The summed E-state index contributed by atoms with van der Waals surface area (Å²) >= 11 is 17.8. The molecule has 0 fully saturated rings. The summed E-state index contributed by atoms with van der Waals surface area (Å²) in [5, 5.41) is 27.6. The van der Waals surface area contributed by atoms with Crippen LogP contribution < -0.4 is 9.47 Å². The van der Waals surface area contributed by atoms with Crippen LogP contribution in [0.5, 0.6) is 11.5 Å². The average Bonchev–Trinajstić information content (AvgIpc) is 2.71. The molecule has 0 aliphatic rings. The van der Waals surface area contributed by atoms with Gasteiger partial charge in [0.25, 0.3) is 10.2 Å². The molecule has 160 valence electrons. The quantitative estimate of drug-likeness (QED) is 0.301. The second kappa shape index (κ2) is 10.8. The average molecular weight is 487 g/mol. The van der Waals surface area contributed by atoms with E-state index in [-0.39, 0.29) is 44.7 Å². The first-order valence-electron chi connectivity index (χ1n) is 8.33. The van der Waals surface area contributed by atoms with Crippen LogP contribution in [0, 0.1) is 0 Å². The fraction of sp³-hybridized carbons (Fsp3) is 0.333. The first-order valence-corrected chi connectivity index (χ1v) is 11.1. The van der Waals surface area contributed by atoms with Crippen LogP contribution in [0.25, 0.3) is 0 Å². The van der Waals surface area contributed by atoms with Crippen molar-refractivity contribution in [3.63, 3.8) is 0 Å². The van der Waals surface area contributed by atoms with E-state index in [1.54, 1.807) is 0 Å². The Morgan fingerprint density at radius 2 is 1.48 bits per heavy atom. The van der Waals surface area contributed by atoms with Crippen molar-refractivity contribution in [3.8, 4) is 11.5 Å². The number of aliphatic hydroxyl groups excluding tert-OH is 3. The predicted molar refractivity (Wildman–Crippen MR) is 111 cm³/mol. The van der Waals surface area contributed by atoms with Gasteiger partial charge in [0.1, 0.15) is 31.2 Å². The van der Waals surface area contributed by atoms with E-state index in [2.05, 4.69) is 0 Å². The summed E-state index contributed by atoms with van der Waals surface area (Å²) in [7, 11) is -3.68. The molecule has 0 aliphatic heterocycles. The van der Waals surface area contributed by atoms with Crippen LogP contribution in [0.4, 0.5) is 0 Å². The van der Waals surface area contributed by atoms with E-state index in [1.165, 1.54) is 36.4 Å². The lowest BCUT2D eigenvalue weighted by Gasteiger charge is -2.13. The number of benzene rings is 2. The van der Waals surface area contributed by atoms with Crippen molar-refractivity contribution in [2.24, 2.45) is 0 Å². The minimum atomic E-state index is -3.68. The third-order valence-electron chi connectivity index (χ3n) is 3.69. The molecule has 3 atom stereocenters. The molecule has 1 unspecified atom stereocenters. The smallest absolute Gasteiger partial charge is 0.281 e. The molecule has 0 spiro atoms. The van der Waals surface area contributed by atoms with Crippen molar-refractivity contribution < 1.29 is 33.6 Å². The van der Waals surface area contributed by atoms with Gasteiger partial charge in [-0.25, -0.2) is 0 Å². The van der Waals surface area contributed by atoms with Gasteiger partial charge in [-0.3, -0.25) is 0 Å². The number of hydrogen-bond acceptors (Lipinski definition) is 6. The summed E-state index contributed by atoms with van der Waals surface area (Å²) in [4.78, 5) is 0.0630. The number of hydrogen-bond donors (Lipinski definition) is 4. The summed E-state index contributed by atoms with van der Waals surface area (Å²) in [5.74, 6) is 0.396. The van der Waals surface area contributed by atoms with Gasteiger partial charge >= 0.3 is 0 Å². The van der Waals surface area contributed by atoms with Gasteiger partial charge < -0.3 is 24.8 Å². The molecular formula is C18H20Cl3O7S+. The highest BCUT2D eigenvalue weighted by Gasteiger charge is 2.34. The SMILES string of the molecule is O=[S+](O)(c1ccc(OC[C@@H](O)CO)cc1)c1cc(Cl)c(OC[C@@H](O)CCl)c(Cl)c1. The molecular weight excluding hydrogens is 467 g/mol. The molecule has 0 aliphatic carbocycles. The maximum Gasteiger partial charge on any atom is 0.281 e. The first kappa shape index (κ1) is 24.2. The maximum atomic E-state index is 13.0. The Bertz CT molecular complexity index is 840. The van der Waals surface area contributed by atoms with Crippen LogP contribution in [-0.2, 0) is 14.4 Å². The maximum absolute atomic E-state index is 13.0. The van der Waals surface area contributed by atoms with Crippen LogP contribution in [-0.4, -0.2) is 57.8 Å². The van der Waals surface area contributed by atoms with E-state index < -0.39 is 29.0 Å². The van der Waals surface area contributed by atoms with Crippen LogP contribution in [0.15, 0.2) is 46.2 Å². The minimum absolute atomic E-state index is 0.00833. The fourth-order valence-corrected chi connectivity index (χ4v) is 4.31. The van der Waals surface area contributed by atoms with Crippen molar-refractivity contribution in [2.75, 3.05) is 25.7 Å². The van der Waals surface area contributed by atoms with E-state index in [0.717, 1.165) is 0 Å². The monoisotopic (exact) mass is 485 g/mol. The normalized spacial score (nSPS) is 15.4. The van der Waals surface area contributed by atoms with Gasteiger partial charge in [-0.1, -0.05) is 27.4 Å². The number of aliphatic hydroxyl groups is 3. The molecule has 0 bridgehead atoms. The van der Waals surface area contributed by atoms with Gasteiger partial charge in [0.05, 0.1) is 22.5 Å². The van der Waals surface area contributed by atoms with Crippen molar-refractivity contribution in [2.45, 2.75) is 22.0 Å². The van der Waals surface area contributed by atoms with Crippen LogP contribution in [0.3, 0.4) is 0 Å². The van der Waals surface area contributed by atoms with Gasteiger partial charge in [0.2, 0.25) is 0 Å². The molecule has 0 radical (unpaired) electrons. The molecule has 29 heavy (non-hydrogen) atoms. The number of halogens is 3. The Balaban J connectivity index is 2.21. The van der Waals surface area contributed by atoms with Crippen LogP contribution in [0.1, 0.15) is 0 Å². The first-order chi connectivity index (χ1) is 13.7. The van der Waals surface area contributed by atoms with E-state index in [0.29, 0.717) is 5.75 Å². The van der Waals surface area contributed by atoms with Gasteiger partial charge in [0, 0.05) is 24.3 Å². The lowest BCUT2D eigenvalue weighted by atomic mass is 10.3. The Hall–Kier alpha value is -1.10. The van der Waals surface area contributed by atoms with Gasteiger partial charge in [0.15, 0.2) is 15.5 Å². The zero-order chi connectivity index (χ0) is 21.6. The predicted octanol–water partition coefficient (Wildman–Crippen LogP) is 3.09. The zero-order valence-electron chi connectivity index (χ0n) is 15.0. The van der Waals surface area contributed by atoms with Crippen molar-refractivity contribution >= 4 is 45.0 Å². The number of rotatable bonds is 10. The molecule has 0 saturated carbocycles. The Morgan fingerprint density at radius 1 is 0.931 bits per heavy atom. The number of ether oxygens (including phenoxy) is 2. The molecule has 2 aromatic carbocycles. The second-order valence-corrected chi connectivity index (χ2v) is 9.10. The fourth-order valence-electron chi connectivity index (χ4n) is 2.16. The Kier molecular flexibility index (Phi) is 8.99. The highest BCUT2D eigenvalue weighted by molar-refractivity contribution is 7.97. The highest BCUT2D eigenvalue weighted by atomic mass is 35.5. The molecule has 0 aromatic heterocycles. The largest absolute Gasteiger partial charge is 0.491 e. The molecule has 2 rings (SSSR count). The van der Waals surface area contributed by atoms with Crippen molar-refractivity contribution in [3.05, 3.63) is 46.4 Å². The Morgan fingerprint density at radius 3 is 2.00 bits per heavy atom. The third kappa shape index (κ3) is 6.44. The minimum Gasteiger partial charge on any atom is -0.491 e. The van der Waals surface area contributed by atoms with Crippen LogP contribution >= 0.6 is 34.8 Å². The van der Waals surface area contributed by atoms with Gasteiger partial charge in [-0.05, 0) is 12.1 Å². The summed E-state index contributed by atoms with van der Waals surface area (Å²) in [6.07, 6.45) is -1.93. The third-order valence-corrected chi connectivity index (χ3v) is 6.39. The summed E-state index contributed by atoms with van der Waals surface area (Å²) in [6.45, 7) is -0.687. The number of alkyl halides is 1. The van der Waals surface area contributed by atoms with Crippen molar-refractivity contribution in [1.82, 2.24) is 0 Å². The molecule has 4 N–H and O–H groups in total. The molecule has 0 amide bonds. The molecule has 7 nitrogen and oxygen atoms in total. The summed E-state index contributed by atoms with van der Waals surface area (Å²) in [6, 6.07) is 8.24. The Labute approximate surface area is 184 Å². The van der Waals surface area contributed by atoms with Crippen molar-refractivity contribution in [1.29, 1.82) is 0 Å². The summed E-state index contributed by atoms with van der Waals surface area (Å²) in [5.41, 5.74) is 0. The highest BCUT2D eigenvalue weighted by Crippen LogP contribution is 2.39. The second-order valence-electron chi connectivity index (χ2n) is 5.98. The van der Waals surface area contributed by atoms with Gasteiger partial charge in [-0.2, -0.15) is 4.55 Å². The van der Waals surface area contributed by atoms with E-state index in [1.807, 2.05) is 0 Å². The zero-order valence-corrected chi connectivity index (χ0v) is 18.1. The van der Waals surface area contributed by atoms with Gasteiger partial charge in [-0.15, -0.1) is 11.6 Å². The topological polar surface area (TPSA) is 116 Å². The molecule has 0 saturated heterocycles. The van der Waals surface area contributed by atoms with E-state index >= 15 is 0 Å².